The fourth-order valence-electron chi connectivity index (χ4n) is 3.45. The molecule has 0 saturated carbocycles. The van der Waals surface area contributed by atoms with Crippen molar-refractivity contribution in [2.75, 3.05) is 26.2 Å². The summed E-state index contributed by atoms with van der Waals surface area (Å²) in [5.41, 5.74) is 2.25. The molecule has 0 bridgehead atoms. The third-order valence-corrected chi connectivity index (χ3v) is 5.66. The number of nitrogens with zero attached hydrogens (tertiary/aromatic N) is 4. The van der Waals surface area contributed by atoms with Gasteiger partial charge in [-0.1, -0.05) is 30.3 Å². The Bertz CT molecular complexity index is 879. The number of aryl methyl sites for hydroxylation is 1. The van der Waals surface area contributed by atoms with Crippen molar-refractivity contribution in [3.63, 3.8) is 0 Å². The van der Waals surface area contributed by atoms with Crippen molar-refractivity contribution >= 4 is 17.2 Å². The smallest absolute Gasteiger partial charge is 0.248 e. The van der Waals surface area contributed by atoms with E-state index in [1.54, 1.807) is 11.3 Å². The van der Waals surface area contributed by atoms with E-state index in [9.17, 15) is 4.79 Å². The zero-order chi connectivity index (χ0) is 19.2. The summed E-state index contributed by atoms with van der Waals surface area (Å²) in [5, 5.41) is 12.1. The molecule has 1 saturated heterocycles. The van der Waals surface area contributed by atoms with E-state index < -0.39 is 0 Å². The molecule has 28 heavy (non-hydrogen) atoms. The van der Waals surface area contributed by atoms with Gasteiger partial charge in [0.15, 0.2) is 0 Å². The Balaban J connectivity index is 1.26. The summed E-state index contributed by atoms with van der Waals surface area (Å²) in [7, 11) is 0. The van der Waals surface area contributed by atoms with Crippen molar-refractivity contribution in [3.05, 3.63) is 58.6 Å². The molecule has 6 nitrogen and oxygen atoms in total. The van der Waals surface area contributed by atoms with Crippen molar-refractivity contribution in [1.82, 2.24) is 20.0 Å². The predicted molar refractivity (Wildman–Crippen MR) is 109 cm³/mol. The molecule has 0 atom stereocenters. The highest BCUT2D eigenvalue weighted by atomic mass is 32.1. The lowest BCUT2D eigenvalue weighted by atomic mass is 10.2. The van der Waals surface area contributed by atoms with E-state index in [2.05, 4.69) is 39.4 Å². The Morgan fingerprint density at radius 1 is 1.07 bits per heavy atom. The predicted octanol–water partition coefficient (Wildman–Crippen LogP) is 3.47. The molecule has 0 aliphatic carbocycles. The third kappa shape index (κ3) is 4.85. The lowest BCUT2D eigenvalue weighted by Crippen LogP contribution is -2.35. The molecule has 0 N–H and O–H groups in total. The maximum absolute atomic E-state index is 12.6. The van der Waals surface area contributed by atoms with Crippen molar-refractivity contribution in [2.45, 2.75) is 25.8 Å². The summed E-state index contributed by atoms with van der Waals surface area (Å²) < 4.78 is 5.68. The highest BCUT2D eigenvalue weighted by Crippen LogP contribution is 2.21. The summed E-state index contributed by atoms with van der Waals surface area (Å²) in [5.74, 6) is 1.21. The molecule has 1 fully saturated rings. The molecule has 3 aromatic rings. The molecule has 1 aliphatic heterocycles. The lowest BCUT2D eigenvalue weighted by molar-refractivity contribution is -0.131. The van der Waals surface area contributed by atoms with Crippen molar-refractivity contribution in [2.24, 2.45) is 0 Å². The minimum atomic E-state index is 0.164. The zero-order valence-electron chi connectivity index (χ0n) is 15.8. The molecule has 0 radical (unpaired) electrons. The van der Waals surface area contributed by atoms with Crippen molar-refractivity contribution < 1.29 is 9.21 Å². The number of benzene rings is 1. The van der Waals surface area contributed by atoms with Gasteiger partial charge in [-0.3, -0.25) is 9.69 Å². The Morgan fingerprint density at radius 3 is 2.79 bits per heavy atom. The van der Waals surface area contributed by atoms with Gasteiger partial charge in [-0.15, -0.1) is 10.2 Å². The quantitative estimate of drug-likeness (QED) is 0.638. The maximum Gasteiger partial charge on any atom is 0.248 e. The molecule has 2 aromatic heterocycles. The maximum atomic E-state index is 12.6. The van der Waals surface area contributed by atoms with Crippen LogP contribution in [0, 0.1) is 0 Å². The summed E-state index contributed by atoms with van der Waals surface area (Å²) in [6.07, 6.45) is 1.89. The molecule has 4 rings (SSSR count). The average molecular weight is 397 g/mol. The fraction of sp³-hybridized carbons (Fsp3) is 0.381. The Kier molecular flexibility index (Phi) is 6.14. The van der Waals surface area contributed by atoms with E-state index in [0.29, 0.717) is 24.6 Å². The minimum Gasteiger partial charge on any atom is -0.421 e. The second-order valence-corrected chi connectivity index (χ2v) is 7.79. The Labute approximate surface area is 168 Å². The first-order valence-corrected chi connectivity index (χ1v) is 10.6. The Hall–Kier alpha value is -2.51. The lowest BCUT2D eigenvalue weighted by Gasteiger charge is -2.22. The van der Waals surface area contributed by atoms with E-state index >= 15 is 0 Å². The van der Waals surface area contributed by atoms with Gasteiger partial charge in [-0.25, -0.2) is 0 Å². The van der Waals surface area contributed by atoms with Crippen LogP contribution in [0.25, 0.3) is 11.5 Å². The van der Waals surface area contributed by atoms with Crippen LogP contribution in [-0.2, 0) is 17.8 Å². The van der Waals surface area contributed by atoms with Crippen LogP contribution in [-0.4, -0.2) is 52.1 Å². The minimum absolute atomic E-state index is 0.164. The molecule has 3 heterocycles. The number of hydrogen-bond acceptors (Lipinski definition) is 6. The topological polar surface area (TPSA) is 62.5 Å². The largest absolute Gasteiger partial charge is 0.421 e. The van der Waals surface area contributed by atoms with Crippen LogP contribution in [0.15, 0.2) is 51.6 Å². The van der Waals surface area contributed by atoms with E-state index in [1.807, 2.05) is 27.8 Å². The molecular formula is C21H24N4O2S. The number of carbonyl (C=O) groups is 1. The number of hydrogen-bond donors (Lipinski definition) is 0. The van der Waals surface area contributed by atoms with Gasteiger partial charge in [-0.2, -0.15) is 11.3 Å². The van der Waals surface area contributed by atoms with E-state index in [-0.39, 0.29) is 5.91 Å². The molecule has 0 spiro atoms. The van der Waals surface area contributed by atoms with E-state index in [1.165, 1.54) is 5.56 Å². The Morgan fingerprint density at radius 2 is 1.96 bits per heavy atom. The summed E-state index contributed by atoms with van der Waals surface area (Å²) in [6, 6.07) is 12.4. The SMILES string of the molecule is O=C(CCc1nnc(-c2ccsc2)o1)N1CCCN(Cc2ccccc2)CC1. The molecule has 1 amide bonds. The van der Waals surface area contributed by atoms with Crippen LogP contribution in [0.3, 0.4) is 0 Å². The molecule has 1 aromatic carbocycles. The van der Waals surface area contributed by atoms with Crippen LogP contribution in [0.2, 0.25) is 0 Å². The van der Waals surface area contributed by atoms with Gasteiger partial charge in [0.25, 0.3) is 0 Å². The molecule has 1 aliphatic rings. The summed E-state index contributed by atoms with van der Waals surface area (Å²) in [4.78, 5) is 17.0. The van der Waals surface area contributed by atoms with Crippen LogP contribution in [0.4, 0.5) is 0 Å². The zero-order valence-corrected chi connectivity index (χ0v) is 16.6. The van der Waals surface area contributed by atoms with Crippen LogP contribution < -0.4 is 0 Å². The molecule has 7 heteroatoms. The van der Waals surface area contributed by atoms with Crippen LogP contribution in [0.5, 0.6) is 0 Å². The first kappa shape index (κ1) is 18.8. The first-order valence-electron chi connectivity index (χ1n) is 9.67. The fourth-order valence-corrected chi connectivity index (χ4v) is 4.08. The average Bonchev–Trinajstić information content (AvgIpc) is 3.36. The highest BCUT2D eigenvalue weighted by Gasteiger charge is 2.20. The summed E-state index contributed by atoms with van der Waals surface area (Å²) >= 11 is 1.59. The normalized spacial score (nSPS) is 15.5. The van der Waals surface area contributed by atoms with Gasteiger partial charge in [0.05, 0.1) is 0 Å². The number of carbonyl (C=O) groups excluding carboxylic acids is 1. The number of amides is 1. The van der Waals surface area contributed by atoms with Gasteiger partial charge in [0, 0.05) is 56.5 Å². The van der Waals surface area contributed by atoms with Crippen LogP contribution >= 0.6 is 11.3 Å². The van der Waals surface area contributed by atoms with Gasteiger partial charge in [0.1, 0.15) is 0 Å². The number of aromatic nitrogens is 2. The van der Waals surface area contributed by atoms with Gasteiger partial charge in [-0.05, 0) is 23.4 Å². The van der Waals surface area contributed by atoms with Crippen molar-refractivity contribution in [3.8, 4) is 11.5 Å². The van der Waals surface area contributed by atoms with E-state index in [0.717, 1.165) is 44.7 Å². The monoisotopic (exact) mass is 396 g/mol. The standard InChI is InChI=1S/C21H24N4O2S/c26-20(8-7-19-22-23-21(27-19)18-9-14-28-16-18)25-11-4-10-24(12-13-25)15-17-5-2-1-3-6-17/h1-3,5-6,9,14,16H,4,7-8,10-13,15H2. The van der Waals surface area contributed by atoms with Gasteiger partial charge in [0.2, 0.25) is 17.7 Å². The van der Waals surface area contributed by atoms with E-state index in [4.69, 9.17) is 4.42 Å². The molecular weight excluding hydrogens is 372 g/mol. The second kappa shape index (κ2) is 9.12. The highest BCUT2D eigenvalue weighted by molar-refractivity contribution is 7.08. The molecule has 0 unspecified atom stereocenters. The number of thiophene rings is 1. The second-order valence-electron chi connectivity index (χ2n) is 7.01. The molecule has 146 valence electrons. The third-order valence-electron chi connectivity index (χ3n) is 4.98. The number of rotatable bonds is 6. The summed E-state index contributed by atoms with van der Waals surface area (Å²) in [6.45, 7) is 4.45. The van der Waals surface area contributed by atoms with Gasteiger partial charge < -0.3 is 9.32 Å². The first-order chi connectivity index (χ1) is 13.8. The van der Waals surface area contributed by atoms with Crippen LogP contribution in [0.1, 0.15) is 24.3 Å². The van der Waals surface area contributed by atoms with Gasteiger partial charge >= 0.3 is 0 Å². The van der Waals surface area contributed by atoms with Crippen molar-refractivity contribution in [1.29, 1.82) is 0 Å².